The van der Waals surface area contributed by atoms with Crippen molar-refractivity contribution in [2.45, 2.75) is 13.3 Å². The van der Waals surface area contributed by atoms with Gasteiger partial charge in [-0.1, -0.05) is 12.2 Å². The van der Waals surface area contributed by atoms with Gasteiger partial charge in [0.1, 0.15) is 0 Å². The zero-order valence-corrected chi connectivity index (χ0v) is 12.5. The predicted molar refractivity (Wildman–Crippen MR) is 77.3 cm³/mol. The van der Waals surface area contributed by atoms with Crippen molar-refractivity contribution < 1.29 is 29.7 Å². The maximum Gasteiger partial charge on any atom is 0.311 e. The summed E-state index contributed by atoms with van der Waals surface area (Å²) in [6.07, 6.45) is 3.63. The molecular weight excluding hydrogens is 296 g/mol. The van der Waals surface area contributed by atoms with Crippen LogP contribution in [0.5, 0.6) is 23.0 Å². The van der Waals surface area contributed by atoms with Gasteiger partial charge in [-0.2, -0.15) is 5.48 Å². The van der Waals surface area contributed by atoms with E-state index in [9.17, 15) is 20.3 Å². The third kappa shape index (κ3) is 3.92. The van der Waals surface area contributed by atoms with Gasteiger partial charge in [-0.3, -0.25) is 0 Å². The molecule has 1 aromatic rings. The van der Waals surface area contributed by atoms with Crippen LogP contribution in [0.4, 0.5) is 0 Å². The van der Waals surface area contributed by atoms with Gasteiger partial charge in [-0.05, 0) is 13.3 Å². The minimum absolute atomic E-state index is 0.0278. The SMILES string of the molecule is COc1c(O)c(C)c(C=CCCNO[N+](=O)[O-])c(O)c1OC. The number of rotatable bonds is 8. The lowest BCUT2D eigenvalue weighted by Gasteiger charge is -2.16. The highest BCUT2D eigenvalue weighted by Gasteiger charge is 2.21. The molecule has 0 heterocycles. The van der Waals surface area contributed by atoms with Crippen molar-refractivity contribution in [1.82, 2.24) is 5.48 Å². The van der Waals surface area contributed by atoms with E-state index in [1.54, 1.807) is 19.1 Å². The molecule has 0 fully saturated rings. The predicted octanol–water partition coefficient (Wildman–Crippen LogP) is 1.54. The Morgan fingerprint density at radius 1 is 1.23 bits per heavy atom. The smallest absolute Gasteiger partial charge is 0.311 e. The van der Waals surface area contributed by atoms with Crippen molar-refractivity contribution in [2.75, 3.05) is 20.8 Å². The topological polar surface area (TPSA) is 123 Å². The fourth-order valence-corrected chi connectivity index (χ4v) is 1.84. The maximum atomic E-state index is 10.2. The summed E-state index contributed by atoms with van der Waals surface area (Å²) in [5, 5.41) is 29.2. The third-order valence-electron chi connectivity index (χ3n) is 2.90. The lowest BCUT2D eigenvalue weighted by atomic mass is 10.0. The number of hydroxylamine groups is 1. The van der Waals surface area contributed by atoms with E-state index in [4.69, 9.17) is 9.47 Å². The molecule has 0 saturated heterocycles. The van der Waals surface area contributed by atoms with Gasteiger partial charge in [0.25, 0.3) is 0 Å². The van der Waals surface area contributed by atoms with E-state index in [-0.39, 0.29) is 29.5 Å². The first-order chi connectivity index (χ1) is 10.4. The van der Waals surface area contributed by atoms with Crippen molar-refractivity contribution in [2.24, 2.45) is 0 Å². The summed E-state index contributed by atoms with van der Waals surface area (Å²) in [7, 11) is 2.70. The molecule has 0 aliphatic rings. The van der Waals surface area contributed by atoms with Crippen LogP contribution in [-0.2, 0) is 4.94 Å². The summed E-state index contributed by atoms with van der Waals surface area (Å²) in [6.45, 7) is 1.82. The molecular formula is C13H18N2O7. The number of nitrogens with zero attached hydrogens (tertiary/aromatic N) is 1. The molecule has 22 heavy (non-hydrogen) atoms. The Kier molecular flexibility index (Phi) is 6.26. The van der Waals surface area contributed by atoms with Crippen LogP contribution in [0.1, 0.15) is 17.5 Å². The second-order valence-corrected chi connectivity index (χ2v) is 4.20. The molecule has 0 spiro atoms. The highest BCUT2D eigenvalue weighted by Crippen LogP contribution is 2.48. The van der Waals surface area contributed by atoms with Crippen LogP contribution < -0.4 is 15.0 Å². The Balaban J connectivity index is 2.91. The largest absolute Gasteiger partial charge is 0.504 e. The van der Waals surface area contributed by atoms with Crippen molar-refractivity contribution in [1.29, 1.82) is 0 Å². The molecule has 0 aromatic heterocycles. The van der Waals surface area contributed by atoms with Crippen molar-refractivity contribution in [3.05, 3.63) is 27.3 Å². The molecule has 1 aromatic carbocycles. The Bertz CT molecular complexity index is 572. The second-order valence-electron chi connectivity index (χ2n) is 4.20. The zero-order valence-electron chi connectivity index (χ0n) is 12.5. The minimum atomic E-state index is -0.952. The van der Waals surface area contributed by atoms with Crippen molar-refractivity contribution >= 4 is 6.08 Å². The quantitative estimate of drug-likeness (QED) is 0.286. The number of phenols is 2. The highest BCUT2D eigenvalue weighted by atomic mass is 17.0. The van der Waals surface area contributed by atoms with Gasteiger partial charge < -0.3 is 19.7 Å². The van der Waals surface area contributed by atoms with E-state index in [1.165, 1.54) is 14.2 Å². The van der Waals surface area contributed by atoms with E-state index in [2.05, 4.69) is 10.4 Å². The number of hydrogen-bond acceptors (Lipinski definition) is 8. The Morgan fingerprint density at radius 3 is 2.36 bits per heavy atom. The molecule has 122 valence electrons. The van der Waals surface area contributed by atoms with E-state index in [0.717, 1.165) is 0 Å². The first-order valence-electron chi connectivity index (χ1n) is 6.31. The van der Waals surface area contributed by atoms with Gasteiger partial charge in [-0.15, -0.1) is 10.1 Å². The third-order valence-corrected chi connectivity index (χ3v) is 2.90. The molecule has 0 amide bonds. The number of nitrogens with one attached hydrogen (secondary N) is 1. The van der Waals surface area contributed by atoms with E-state index in [0.29, 0.717) is 17.5 Å². The maximum absolute atomic E-state index is 10.2. The molecule has 1 rings (SSSR count). The number of methoxy groups -OCH3 is 2. The lowest BCUT2D eigenvalue weighted by Crippen LogP contribution is -2.19. The number of ether oxygens (including phenoxy) is 2. The van der Waals surface area contributed by atoms with E-state index >= 15 is 0 Å². The second kappa shape index (κ2) is 7.93. The molecule has 9 heteroatoms. The van der Waals surface area contributed by atoms with Crippen LogP contribution in [0.15, 0.2) is 6.08 Å². The number of hydrogen-bond donors (Lipinski definition) is 3. The Hall–Kier alpha value is -2.68. The lowest BCUT2D eigenvalue weighted by molar-refractivity contribution is -0.776. The number of benzene rings is 1. The molecule has 3 N–H and O–H groups in total. The van der Waals surface area contributed by atoms with Gasteiger partial charge in [0.05, 0.1) is 14.2 Å². The molecule has 0 radical (unpaired) electrons. The van der Waals surface area contributed by atoms with E-state index in [1.807, 2.05) is 0 Å². The van der Waals surface area contributed by atoms with Gasteiger partial charge in [0, 0.05) is 17.7 Å². The molecule has 0 aliphatic heterocycles. The average Bonchev–Trinajstić information content (AvgIpc) is 2.48. The van der Waals surface area contributed by atoms with Gasteiger partial charge in [0.15, 0.2) is 11.5 Å². The summed E-state index contributed by atoms with van der Waals surface area (Å²) >= 11 is 0. The standard InChI is InChI=1S/C13H18N2O7/c1-8-9(6-4-5-7-14-22-15(18)19)11(17)13(21-3)12(20-2)10(8)16/h4,6,14,16-17H,5,7H2,1-3H3. The first kappa shape index (κ1) is 17.4. The fourth-order valence-electron chi connectivity index (χ4n) is 1.84. The number of aromatic hydroxyl groups is 2. The van der Waals surface area contributed by atoms with Crippen molar-refractivity contribution in [3.8, 4) is 23.0 Å². The van der Waals surface area contributed by atoms with Crippen LogP contribution in [0.2, 0.25) is 0 Å². The van der Waals surface area contributed by atoms with Crippen LogP contribution in [0, 0.1) is 17.0 Å². The normalized spacial score (nSPS) is 10.7. The van der Waals surface area contributed by atoms with Crippen LogP contribution in [0.3, 0.4) is 0 Å². The molecule has 0 unspecified atom stereocenters. The van der Waals surface area contributed by atoms with Gasteiger partial charge >= 0.3 is 5.09 Å². The number of phenolic OH excluding ortho intramolecular Hbond substituents is 2. The highest BCUT2D eigenvalue weighted by molar-refractivity contribution is 5.74. The molecule has 0 aliphatic carbocycles. The molecule has 9 nitrogen and oxygen atoms in total. The summed E-state index contributed by atoms with van der Waals surface area (Å²) in [6, 6.07) is 0. The molecule has 0 bridgehead atoms. The summed E-state index contributed by atoms with van der Waals surface area (Å²) < 4.78 is 10.1. The van der Waals surface area contributed by atoms with Crippen LogP contribution in [-0.4, -0.2) is 36.1 Å². The zero-order chi connectivity index (χ0) is 16.7. The first-order valence-corrected chi connectivity index (χ1v) is 6.31. The molecule has 0 atom stereocenters. The van der Waals surface area contributed by atoms with Gasteiger partial charge in [-0.25, -0.2) is 4.94 Å². The fraction of sp³-hybridized carbons (Fsp3) is 0.385. The summed E-state index contributed by atoms with van der Waals surface area (Å²) in [4.78, 5) is 13.9. The molecule has 0 saturated carbocycles. The van der Waals surface area contributed by atoms with Crippen molar-refractivity contribution in [3.63, 3.8) is 0 Å². The van der Waals surface area contributed by atoms with Crippen LogP contribution >= 0.6 is 0 Å². The Labute approximate surface area is 126 Å². The van der Waals surface area contributed by atoms with Crippen LogP contribution in [0.25, 0.3) is 6.08 Å². The van der Waals surface area contributed by atoms with E-state index < -0.39 is 5.09 Å². The van der Waals surface area contributed by atoms with Gasteiger partial charge in [0.2, 0.25) is 11.5 Å². The Morgan fingerprint density at radius 2 is 1.82 bits per heavy atom. The monoisotopic (exact) mass is 314 g/mol. The summed E-state index contributed by atoms with van der Waals surface area (Å²) in [5.41, 5.74) is 2.93. The average molecular weight is 314 g/mol. The minimum Gasteiger partial charge on any atom is -0.504 e. The summed E-state index contributed by atoms with van der Waals surface area (Å²) in [5.74, 6) is -0.220.